The molecule has 0 aliphatic heterocycles. The third kappa shape index (κ3) is 3.86. The summed E-state index contributed by atoms with van der Waals surface area (Å²) in [6.45, 7) is 3.90. The maximum Gasteiger partial charge on any atom is 0.244 e. The number of amides is 1. The molecule has 4 aromatic rings. The summed E-state index contributed by atoms with van der Waals surface area (Å²) in [5.41, 5.74) is 3.50. The predicted octanol–water partition coefficient (Wildman–Crippen LogP) is 4.73. The highest BCUT2D eigenvalue weighted by molar-refractivity contribution is 7.91. The van der Waals surface area contributed by atoms with Crippen molar-refractivity contribution in [2.45, 2.75) is 30.2 Å². The van der Waals surface area contributed by atoms with Gasteiger partial charge in [-0.3, -0.25) is 4.79 Å². The fraction of sp³-hybridized carbons (Fsp3) is 0.125. The van der Waals surface area contributed by atoms with Gasteiger partial charge in [0.15, 0.2) is 0 Å². The van der Waals surface area contributed by atoms with Crippen LogP contribution < -0.4 is 5.32 Å². The van der Waals surface area contributed by atoms with Gasteiger partial charge in [-0.1, -0.05) is 53.6 Å². The lowest BCUT2D eigenvalue weighted by atomic mass is 10.2. The first-order valence-electron chi connectivity index (χ1n) is 9.61. The summed E-state index contributed by atoms with van der Waals surface area (Å²) >= 11 is 0. The number of anilines is 1. The Bertz CT molecular complexity index is 1320. The second kappa shape index (κ2) is 7.80. The molecule has 5 nitrogen and oxygen atoms in total. The number of carbonyl (C=O) groups is 1. The van der Waals surface area contributed by atoms with Crippen LogP contribution in [0.25, 0.3) is 10.9 Å². The number of nitrogens with zero attached hydrogens (tertiary/aromatic N) is 1. The molecule has 1 N–H and O–H groups in total. The van der Waals surface area contributed by atoms with Gasteiger partial charge in [-0.05, 0) is 44.2 Å². The molecule has 0 unspecified atom stereocenters. The van der Waals surface area contributed by atoms with Crippen molar-refractivity contribution in [3.63, 3.8) is 0 Å². The summed E-state index contributed by atoms with van der Waals surface area (Å²) in [4.78, 5) is 13.0. The zero-order valence-electron chi connectivity index (χ0n) is 16.8. The van der Waals surface area contributed by atoms with Crippen LogP contribution in [0.1, 0.15) is 11.1 Å². The number of hydrogen-bond donors (Lipinski definition) is 1. The van der Waals surface area contributed by atoms with E-state index in [0.29, 0.717) is 16.6 Å². The van der Waals surface area contributed by atoms with Gasteiger partial charge in [-0.15, -0.1) is 0 Å². The van der Waals surface area contributed by atoms with Crippen LogP contribution in [0.15, 0.2) is 88.8 Å². The summed E-state index contributed by atoms with van der Waals surface area (Å²) in [5, 5.41) is 3.46. The Morgan fingerprint density at radius 2 is 1.47 bits per heavy atom. The van der Waals surface area contributed by atoms with Gasteiger partial charge in [0.25, 0.3) is 0 Å². The second-order valence-corrected chi connectivity index (χ2v) is 9.29. The van der Waals surface area contributed by atoms with Gasteiger partial charge >= 0.3 is 0 Å². The van der Waals surface area contributed by atoms with Crippen LogP contribution in [0, 0.1) is 13.8 Å². The zero-order chi connectivity index (χ0) is 21.3. The second-order valence-electron chi connectivity index (χ2n) is 7.37. The molecule has 30 heavy (non-hydrogen) atoms. The largest absolute Gasteiger partial charge is 0.337 e. The quantitative estimate of drug-likeness (QED) is 0.509. The van der Waals surface area contributed by atoms with E-state index in [9.17, 15) is 13.2 Å². The highest BCUT2D eigenvalue weighted by Crippen LogP contribution is 2.30. The van der Waals surface area contributed by atoms with Gasteiger partial charge in [-0.2, -0.15) is 0 Å². The Labute approximate surface area is 175 Å². The van der Waals surface area contributed by atoms with E-state index in [4.69, 9.17) is 0 Å². The van der Waals surface area contributed by atoms with Gasteiger partial charge in [-0.25, -0.2) is 8.42 Å². The van der Waals surface area contributed by atoms with E-state index in [1.165, 1.54) is 0 Å². The third-order valence-corrected chi connectivity index (χ3v) is 6.82. The van der Waals surface area contributed by atoms with Crippen LogP contribution in [0.4, 0.5) is 5.69 Å². The number of aromatic nitrogens is 1. The van der Waals surface area contributed by atoms with E-state index in [-0.39, 0.29) is 22.2 Å². The maximum absolute atomic E-state index is 13.3. The lowest BCUT2D eigenvalue weighted by molar-refractivity contribution is -0.116. The molecular weight excluding hydrogens is 396 g/mol. The molecule has 1 heterocycles. The number of nitrogens with one attached hydrogen (secondary N) is 1. The number of benzene rings is 3. The first-order valence-corrected chi connectivity index (χ1v) is 11.1. The summed E-state index contributed by atoms with van der Waals surface area (Å²) < 4.78 is 28.2. The van der Waals surface area contributed by atoms with Crippen LogP contribution in [0.2, 0.25) is 0 Å². The van der Waals surface area contributed by atoms with Crippen LogP contribution in [-0.2, 0) is 21.2 Å². The van der Waals surface area contributed by atoms with Gasteiger partial charge in [0.2, 0.25) is 15.7 Å². The highest BCUT2D eigenvalue weighted by Gasteiger charge is 2.23. The van der Waals surface area contributed by atoms with Gasteiger partial charge in [0, 0.05) is 22.8 Å². The van der Waals surface area contributed by atoms with E-state index < -0.39 is 9.84 Å². The van der Waals surface area contributed by atoms with Crippen molar-refractivity contribution < 1.29 is 13.2 Å². The molecule has 0 saturated heterocycles. The van der Waals surface area contributed by atoms with Crippen molar-refractivity contribution in [1.82, 2.24) is 4.57 Å². The van der Waals surface area contributed by atoms with Crippen molar-refractivity contribution in [3.8, 4) is 0 Å². The van der Waals surface area contributed by atoms with Crippen molar-refractivity contribution in [3.05, 3.63) is 90.1 Å². The summed E-state index contributed by atoms with van der Waals surface area (Å²) in [6.07, 6.45) is 1.55. The lowest BCUT2D eigenvalue weighted by Crippen LogP contribution is -2.18. The third-order valence-electron chi connectivity index (χ3n) is 5.02. The number of rotatable bonds is 5. The zero-order valence-corrected chi connectivity index (χ0v) is 17.6. The average Bonchev–Trinajstić information content (AvgIpc) is 3.09. The van der Waals surface area contributed by atoms with Crippen molar-refractivity contribution in [1.29, 1.82) is 0 Å². The molecule has 152 valence electrons. The number of carbonyl (C=O) groups excluding carboxylic acids is 1. The maximum atomic E-state index is 13.3. The number of sulfone groups is 1. The molecule has 0 spiro atoms. The highest BCUT2D eigenvalue weighted by atomic mass is 32.2. The Hall–Kier alpha value is -3.38. The van der Waals surface area contributed by atoms with E-state index >= 15 is 0 Å². The van der Waals surface area contributed by atoms with E-state index in [2.05, 4.69) is 5.32 Å². The molecular formula is C24H22N2O3S. The van der Waals surface area contributed by atoms with E-state index in [0.717, 1.165) is 11.1 Å². The van der Waals surface area contributed by atoms with Gasteiger partial charge in [0.1, 0.15) is 6.54 Å². The molecule has 4 rings (SSSR count). The lowest BCUT2D eigenvalue weighted by Gasteiger charge is -2.07. The van der Waals surface area contributed by atoms with Crippen LogP contribution in [0.3, 0.4) is 0 Å². The topological polar surface area (TPSA) is 68.2 Å². The van der Waals surface area contributed by atoms with Gasteiger partial charge in [0.05, 0.1) is 9.79 Å². The number of hydrogen-bond acceptors (Lipinski definition) is 3. The molecule has 0 bridgehead atoms. The van der Waals surface area contributed by atoms with Crippen LogP contribution in [-0.4, -0.2) is 18.9 Å². The molecule has 0 atom stereocenters. The first kappa shape index (κ1) is 19.9. The number of aryl methyl sites for hydroxylation is 2. The van der Waals surface area contributed by atoms with Crippen molar-refractivity contribution in [2.24, 2.45) is 0 Å². The molecule has 0 fully saturated rings. The average molecular weight is 419 g/mol. The van der Waals surface area contributed by atoms with Crippen molar-refractivity contribution >= 4 is 32.3 Å². The fourth-order valence-corrected chi connectivity index (χ4v) is 4.87. The summed E-state index contributed by atoms with van der Waals surface area (Å²) in [7, 11) is -3.71. The molecule has 0 radical (unpaired) electrons. The Balaban J connectivity index is 1.69. The molecule has 1 aromatic heterocycles. The Morgan fingerprint density at radius 3 is 2.13 bits per heavy atom. The predicted molar refractivity (Wildman–Crippen MR) is 118 cm³/mol. The Morgan fingerprint density at radius 1 is 0.867 bits per heavy atom. The number of para-hydroxylation sites is 1. The van der Waals surface area contributed by atoms with Crippen molar-refractivity contribution in [2.75, 3.05) is 5.32 Å². The van der Waals surface area contributed by atoms with Crippen LogP contribution in [0.5, 0.6) is 0 Å². The molecule has 1 amide bonds. The summed E-state index contributed by atoms with van der Waals surface area (Å²) in [5.74, 6) is -0.223. The molecule has 0 aliphatic rings. The molecule has 6 heteroatoms. The smallest absolute Gasteiger partial charge is 0.244 e. The van der Waals surface area contributed by atoms with Crippen LogP contribution >= 0.6 is 0 Å². The molecule has 0 aliphatic carbocycles. The molecule has 3 aromatic carbocycles. The normalized spacial score (nSPS) is 11.5. The fourth-order valence-electron chi connectivity index (χ4n) is 3.39. The monoisotopic (exact) mass is 418 g/mol. The first-order chi connectivity index (χ1) is 14.3. The van der Waals surface area contributed by atoms with E-state index in [1.54, 1.807) is 47.2 Å². The SMILES string of the molecule is Cc1ccc(NC(=O)Cn2cc(S(=O)(=O)c3ccc(C)cc3)c3ccccc32)cc1. The minimum atomic E-state index is -3.71. The van der Waals surface area contributed by atoms with Gasteiger partial charge < -0.3 is 9.88 Å². The minimum Gasteiger partial charge on any atom is -0.337 e. The number of fused-ring (bicyclic) bond motifs is 1. The Kier molecular flexibility index (Phi) is 5.18. The standard InChI is InChI=1S/C24H22N2O3S/c1-17-7-11-19(12-8-17)25-24(27)16-26-15-23(21-5-3-4-6-22(21)26)30(28,29)20-13-9-18(2)10-14-20/h3-15H,16H2,1-2H3,(H,25,27). The molecule has 0 saturated carbocycles. The van der Waals surface area contributed by atoms with E-state index in [1.807, 2.05) is 50.2 Å². The summed E-state index contributed by atoms with van der Waals surface area (Å²) in [6, 6.07) is 21.5. The minimum absolute atomic E-state index is 0.0117.